The van der Waals surface area contributed by atoms with Crippen LogP contribution in [0.3, 0.4) is 0 Å². The molecule has 0 nitrogen and oxygen atoms in total. The molecular weight excluding hydrogens is 135 g/mol. The Bertz CT molecular complexity index is 4.35. The van der Waals surface area contributed by atoms with E-state index in [1.54, 1.807) is 0 Å². The van der Waals surface area contributed by atoms with Crippen molar-refractivity contribution >= 4 is 0 Å². The van der Waals surface area contributed by atoms with E-state index < -0.39 is 0 Å². The molecule has 0 saturated carbocycles. The monoisotopic (exact) mass is 157 g/mol. The van der Waals surface area contributed by atoms with Gasteiger partial charge in [0.1, 0.15) is 0 Å². The van der Waals surface area contributed by atoms with Crippen molar-refractivity contribution in [3.63, 3.8) is 0 Å². The molecule has 0 fully saturated rings. The van der Waals surface area contributed by atoms with E-state index in [2.05, 4.69) is 13.8 Å². The fourth-order valence-corrected chi connectivity index (χ4v) is 0. The summed E-state index contributed by atoms with van der Waals surface area (Å²) in [6, 6.07) is 0. The molecule has 0 aromatic rings. The van der Waals surface area contributed by atoms with Gasteiger partial charge in [0.25, 0.3) is 0 Å². The van der Waals surface area contributed by atoms with Crippen molar-refractivity contribution < 1.29 is 18.6 Å². The van der Waals surface area contributed by atoms with Gasteiger partial charge in [0.05, 0.1) is 0 Å². The van der Waals surface area contributed by atoms with Crippen LogP contribution in [0.5, 0.6) is 0 Å². The maximum atomic E-state index is 3.38. The molecule has 55 valence electrons. The first-order chi connectivity index (χ1) is 1.41. The Hall–Kier alpha value is 0.584. The van der Waals surface area contributed by atoms with E-state index in [0.29, 0.717) is 0 Å². The molecule has 0 atom stereocenters. The molecule has 0 rings (SSSR count). The number of hydrogen-bond acceptors (Lipinski definition) is 0. The third-order valence-electron chi connectivity index (χ3n) is 0. The van der Waals surface area contributed by atoms with Crippen molar-refractivity contribution in [1.29, 1.82) is 0 Å². The summed E-state index contributed by atoms with van der Waals surface area (Å²) >= 11 is 0. The zero-order chi connectivity index (χ0) is 2.71. The Morgan fingerprint density at radius 2 is 0.750 bits per heavy atom. The van der Waals surface area contributed by atoms with Crippen molar-refractivity contribution in [2.24, 2.45) is 0 Å². The summed E-state index contributed by atoms with van der Waals surface area (Å²) in [5.41, 5.74) is 0. The van der Waals surface area contributed by atoms with E-state index >= 15 is 0 Å². The Kier molecular flexibility index (Phi) is 1210. The van der Waals surface area contributed by atoms with Crippen molar-refractivity contribution in [2.45, 2.75) is 36.1 Å². The Balaban J connectivity index is -0.00000000200. The van der Waals surface area contributed by atoms with Gasteiger partial charge in [-0.15, -0.1) is 0 Å². The maximum absolute atomic E-state index is 3.38. The van der Waals surface area contributed by atoms with Gasteiger partial charge in [-0.2, -0.15) is 0 Å². The first-order valence-corrected chi connectivity index (χ1v) is 1.000. The topological polar surface area (TPSA) is 0 Å². The molecule has 1 heteroatoms. The fourth-order valence-electron chi connectivity index (χ4n) is 0. The second-order valence-electron chi connectivity index (χ2n) is 0.354. The Morgan fingerprint density at radius 3 is 0.750 bits per heavy atom. The van der Waals surface area contributed by atoms with Crippen LogP contribution in [0.1, 0.15) is 36.1 Å². The molecule has 0 aliphatic heterocycles. The van der Waals surface area contributed by atoms with Crippen molar-refractivity contribution in [1.82, 2.24) is 0 Å². The third-order valence-corrected chi connectivity index (χ3v) is 0. The molecule has 0 aromatic carbocycles. The van der Waals surface area contributed by atoms with E-state index in [0.717, 1.165) is 6.42 Å². The van der Waals surface area contributed by atoms with E-state index in [1.165, 1.54) is 0 Å². The molecule has 1 radical (unpaired) electrons. The second kappa shape index (κ2) is 131. The summed E-state index contributed by atoms with van der Waals surface area (Å²) in [5, 5.41) is 0. The minimum absolute atomic E-state index is 0. The van der Waals surface area contributed by atoms with Crippen molar-refractivity contribution in [3.05, 3.63) is 13.8 Å². The predicted octanol–water partition coefficient (Wildman–Crippen LogP) is 3.59. The average molecular weight is 157 g/mol. The normalized spacial score (nSPS) is 2.25. The summed E-state index contributed by atoms with van der Waals surface area (Å²) in [5.74, 6) is 0. The minimum Gasteiger partial charge on any atom is -0.372 e. The van der Waals surface area contributed by atoms with Gasteiger partial charge in [0.2, 0.25) is 0 Å². The smallest absolute Gasteiger partial charge is 0.372 e. The molecule has 0 bridgehead atoms. The standard InChI is InChI=1S/C3H6.4CH4.V/c1-3-2;;;;;/h1-3H2;4*1H4;/q-2;;;;;+2. The van der Waals surface area contributed by atoms with E-state index in [-0.39, 0.29) is 48.3 Å². The predicted molar refractivity (Wildman–Crippen MR) is 42.3 cm³/mol. The van der Waals surface area contributed by atoms with Crippen LogP contribution in [0, 0.1) is 13.8 Å². The zero-order valence-corrected chi connectivity index (χ0v) is 3.97. The van der Waals surface area contributed by atoms with Gasteiger partial charge in [-0.05, 0) is 0 Å². The molecule has 0 aromatic heterocycles. The van der Waals surface area contributed by atoms with E-state index in [9.17, 15) is 0 Å². The molecule has 0 saturated heterocycles. The second-order valence-corrected chi connectivity index (χ2v) is 0.354. The van der Waals surface area contributed by atoms with Gasteiger partial charge >= 0.3 is 18.6 Å². The molecule has 0 N–H and O–H groups in total. The Labute approximate surface area is 69.0 Å². The molecular formula is C7H22V. The summed E-state index contributed by atoms with van der Waals surface area (Å²) in [6.07, 6.45) is 0.750. The first kappa shape index (κ1) is 73.9. The molecule has 0 heterocycles. The number of rotatable bonds is 0. The maximum Gasteiger partial charge on any atom is 2.00 e. The van der Waals surface area contributed by atoms with Gasteiger partial charge in [-0.3, -0.25) is 0 Å². The average Bonchev–Trinajstić information content (AvgIpc) is 0.918. The van der Waals surface area contributed by atoms with Crippen LogP contribution >= 0.6 is 0 Å². The van der Waals surface area contributed by atoms with Crippen LogP contribution in [-0.4, -0.2) is 0 Å². The van der Waals surface area contributed by atoms with E-state index in [1.807, 2.05) is 0 Å². The van der Waals surface area contributed by atoms with Crippen LogP contribution in [0.25, 0.3) is 0 Å². The summed E-state index contributed by atoms with van der Waals surface area (Å²) in [7, 11) is 0. The zero-order valence-electron chi connectivity index (χ0n) is 2.57. The van der Waals surface area contributed by atoms with Crippen LogP contribution < -0.4 is 0 Å². The molecule has 0 aliphatic carbocycles. The van der Waals surface area contributed by atoms with Gasteiger partial charge in [-0.25, -0.2) is 0 Å². The molecule has 0 spiro atoms. The van der Waals surface area contributed by atoms with E-state index in [4.69, 9.17) is 0 Å². The molecule has 0 unspecified atom stereocenters. The summed E-state index contributed by atoms with van der Waals surface area (Å²) < 4.78 is 0. The van der Waals surface area contributed by atoms with Gasteiger partial charge < -0.3 is 20.3 Å². The third kappa shape index (κ3) is 601. The summed E-state index contributed by atoms with van der Waals surface area (Å²) in [4.78, 5) is 0. The minimum atomic E-state index is 0. The van der Waals surface area contributed by atoms with Crippen molar-refractivity contribution in [2.75, 3.05) is 0 Å². The van der Waals surface area contributed by atoms with Crippen molar-refractivity contribution in [3.8, 4) is 0 Å². The first-order valence-electron chi connectivity index (χ1n) is 1.000. The fraction of sp³-hybridized carbons (Fsp3) is 0.714. The molecule has 0 amide bonds. The number of hydrogen-bond donors (Lipinski definition) is 0. The van der Waals surface area contributed by atoms with Gasteiger partial charge in [0, 0.05) is 0 Å². The molecule has 0 aliphatic rings. The largest absolute Gasteiger partial charge is 2.00 e. The quantitative estimate of drug-likeness (QED) is 0.471. The Morgan fingerprint density at radius 1 is 0.750 bits per heavy atom. The van der Waals surface area contributed by atoms with Gasteiger partial charge in [0.15, 0.2) is 0 Å². The molecule has 8 heavy (non-hydrogen) atoms. The summed E-state index contributed by atoms with van der Waals surface area (Å²) in [6.45, 7) is 6.75. The van der Waals surface area contributed by atoms with Crippen LogP contribution in [0.4, 0.5) is 0 Å². The SMILES string of the molecule is C.C.C.C.[CH2-]C[CH2-].[V+2]. The van der Waals surface area contributed by atoms with Crippen LogP contribution in [0.15, 0.2) is 0 Å². The van der Waals surface area contributed by atoms with Gasteiger partial charge in [-0.1, -0.05) is 29.7 Å². The van der Waals surface area contributed by atoms with Crippen LogP contribution in [-0.2, 0) is 18.6 Å². The van der Waals surface area contributed by atoms with Crippen LogP contribution in [0.2, 0.25) is 0 Å².